The summed E-state index contributed by atoms with van der Waals surface area (Å²) in [6.45, 7) is 5.21. The summed E-state index contributed by atoms with van der Waals surface area (Å²) in [5, 5.41) is 29.1. The fourth-order valence-corrected chi connectivity index (χ4v) is 4.59. The number of aliphatic hydroxyl groups is 2. The first-order valence-electron chi connectivity index (χ1n) is 11.8. The lowest BCUT2D eigenvalue weighted by Crippen LogP contribution is -2.21. The van der Waals surface area contributed by atoms with Crippen molar-refractivity contribution in [3.05, 3.63) is 59.9 Å². The third-order valence-electron chi connectivity index (χ3n) is 6.49. The summed E-state index contributed by atoms with van der Waals surface area (Å²) in [6, 6.07) is 7.46. The number of pyridine rings is 1. The van der Waals surface area contributed by atoms with Crippen LogP contribution in [-0.2, 0) is 5.60 Å². The Morgan fingerprint density at radius 2 is 1.97 bits per heavy atom. The minimum atomic E-state index is -1.21. The molecule has 0 unspecified atom stereocenters. The van der Waals surface area contributed by atoms with Gasteiger partial charge in [0.25, 0.3) is 5.91 Å². The van der Waals surface area contributed by atoms with Gasteiger partial charge in [0.15, 0.2) is 5.69 Å². The lowest BCUT2D eigenvalue weighted by atomic mass is 9.93. The van der Waals surface area contributed by atoms with Gasteiger partial charge in [0.2, 0.25) is 5.89 Å². The average Bonchev–Trinajstić information content (AvgIpc) is 3.46. The molecule has 3 heterocycles. The van der Waals surface area contributed by atoms with Crippen molar-refractivity contribution in [2.45, 2.75) is 64.2 Å². The topological polar surface area (TPSA) is 126 Å². The number of nitrogens with zero attached hydrogens (tertiary/aromatic N) is 4. The van der Waals surface area contributed by atoms with E-state index in [0.29, 0.717) is 17.1 Å². The highest BCUT2D eigenvalue weighted by atomic mass is 16.3. The molecule has 1 fully saturated rings. The van der Waals surface area contributed by atoms with Gasteiger partial charge in [0.05, 0.1) is 23.3 Å². The first-order valence-corrected chi connectivity index (χ1v) is 11.8. The number of aryl methyl sites for hydroxylation is 1. The Balaban J connectivity index is 1.44. The van der Waals surface area contributed by atoms with E-state index >= 15 is 0 Å². The van der Waals surface area contributed by atoms with Crippen LogP contribution in [-0.4, -0.2) is 42.0 Å². The Labute approximate surface area is 202 Å². The fourth-order valence-electron chi connectivity index (χ4n) is 4.59. The van der Waals surface area contributed by atoms with Gasteiger partial charge in [-0.25, -0.2) is 4.98 Å². The molecule has 0 bridgehead atoms. The number of hydrogen-bond acceptors (Lipinski definition) is 7. The number of anilines is 1. The van der Waals surface area contributed by atoms with Gasteiger partial charge in [-0.3, -0.25) is 14.5 Å². The van der Waals surface area contributed by atoms with Crippen LogP contribution in [0.5, 0.6) is 0 Å². The number of carbonyl (C=O) groups is 1. The number of aliphatic hydroxyl groups excluding tert-OH is 1. The van der Waals surface area contributed by atoms with Gasteiger partial charge in [-0.05, 0) is 70.7 Å². The third kappa shape index (κ3) is 4.82. The standard InChI is InChI=1S/C26H29N5O4/c1-15-10-16(8-9-27-15)25-29-23(14-35-25)24(33)28-22-11-17-13-31(18-4-6-19(32)7-5-18)30-21(17)12-20(22)26(2,3)34/h8-14,18-19,32,34H,4-7H2,1-3H3,(H,28,33). The van der Waals surface area contributed by atoms with Gasteiger partial charge in [-0.1, -0.05) is 0 Å². The van der Waals surface area contributed by atoms with Crippen molar-refractivity contribution < 1.29 is 19.4 Å². The van der Waals surface area contributed by atoms with E-state index in [0.717, 1.165) is 47.8 Å². The van der Waals surface area contributed by atoms with Crippen LogP contribution in [0.25, 0.3) is 22.4 Å². The predicted molar refractivity (Wildman–Crippen MR) is 131 cm³/mol. The number of fused-ring (bicyclic) bond motifs is 1. The fraction of sp³-hybridized carbons (Fsp3) is 0.385. The number of hydrogen-bond donors (Lipinski definition) is 3. The zero-order valence-corrected chi connectivity index (χ0v) is 20.0. The van der Waals surface area contributed by atoms with Crippen molar-refractivity contribution in [3.63, 3.8) is 0 Å². The number of benzene rings is 1. The van der Waals surface area contributed by atoms with Crippen molar-refractivity contribution in [3.8, 4) is 11.5 Å². The maximum atomic E-state index is 13.1. The van der Waals surface area contributed by atoms with Crippen LogP contribution in [0.4, 0.5) is 5.69 Å². The normalized spacial score (nSPS) is 18.7. The van der Waals surface area contributed by atoms with Crippen LogP contribution >= 0.6 is 0 Å². The SMILES string of the molecule is Cc1cc(-c2nc(C(=O)Nc3cc4cn(C5CCC(O)CC5)nc4cc3C(C)(C)O)co2)ccn1. The molecule has 4 aromatic rings. The highest BCUT2D eigenvalue weighted by molar-refractivity contribution is 6.04. The molecule has 3 aromatic heterocycles. The quantitative estimate of drug-likeness (QED) is 0.392. The van der Waals surface area contributed by atoms with E-state index in [1.807, 2.05) is 36.0 Å². The maximum absolute atomic E-state index is 13.1. The van der Waals surface area contributed by atoms with Crippen LogP contribution in [0.2, 0.25) is 0 Å². The second kappa shape index (κ2) is 8.90. The molecule has 1 aromatic carbocycles. The maximum Gasteiger partial charge on any atom is 0.277 e. The zero-order valence-electron chi connectivity index (χ0n) is 20.0. The highest BCUT2D eigenvalue weighted by Crippen LogP contribution is 2.34. The van der Waals surface area contributed by atoms with Crippen molar-refractivity contribution in [2.75, 3.05) is 5.32 Å². The van der Waals surface area contributed by atoms with Crippen molar-refractivity contribution >= 4 is 22.5 Å². The molecule has 1 aliphatic carbocycles. The van der Waals surface area contributed by atoms with E-state index in [2.05, 4.69) is 15.3 Å². The van der Waals surface area contributed by atoms with E-state index in [-0.39, 0.29) is 17.8 Å². The number of oxazole rings is 1. The molecular formula is C26H29N5O4. The highest BCUT2D eigenvalue weighted by Gasteiger charge is 2.26. The zero-order chi connectivity index (χ0) is 24.7. The van der Waals surface area contributed by atoms with Gasteiger partial charge >= 0.3 is 0 Å². The number of rotatable bonds is 5. The Hall–Kier alpha value is -3.56. The largest absolute Gasteiger partial charge is 0.444 e. The first kappa shape index (κ1) is 23.2. The average molecular weight is 476 g/mol. The Morgan fingerprint density at radius 3 is 2.69 bits per heavy atom. The summed E-state index contributed by atoms with van der Waals surface area (Å²) in [5.41, 5.74) is 2.25. The molecule has 0 atom stereocenters. The lowest BCUT2D eigenvalue weighted by molar-refractivity contribution is 0.0793. The molecule has 5 rings (SSSR count). The molecule has 0 spiro atoms. The molecule has 1 aliphatic rings. The van der Waals surface area contributed by atoms with Crippen molar-refractivity contribution in [2.24, 2.45) is 0 Å². The second-order valence-electron chi connectivity index (χ2n) is 9.77. The monoisotopic (exact) mass is 475 g/mol. The van der Waals surface area contributed by atoms with E-state index in [9.17, 15) is 15.0 Å². The summed E-state index contributed by atoms with van der Waals surface area (Å²) in [7, 11) is 0. The number of carbonyl (C=O) groups excluding carboxylic acids is 1. The number of nitrogens with one attached hydrogen (secondary N) is 1. The minimum Gasteiger partial charge on any atom is -0.444 e. The molecule has 0 saturated heterocycles. The van der Waals surface area contributed by atoms with Crippen LogP contribution in [0.3, 0.4) is 0 Å². The van der Waals surface area contributed by atoms with Crippen molar-refractivity contribution in [1.82, 2.24) is 19.7 Å². The molecule has 3 N–H and O–H groups in total. The molecule has 9 nitrogen and oxygen atoms in total. The van der Waals surface area contributed by atoms with Crippen LogP contribution in [0.1, 0.15) is 67.3 Å². The molecule has 0 radical (unpaired) electrons. The second-order valence-corrected chi connectivity index (χ2v) is 9.77. The summed E-state index contributed by atoms with van der Waals surface area (Å²) in [4.78, 5) is 21.6. The number of aromatic nitrogens is 4. The van der Waals surface area contributed by atoms with E-state index in [4.69, 9.17) is 9.52 Å². The van der Waals surface area contributed by atoms with Gasteiger partial charge in [0, 0.05) is 40.3 Å². The summed E-state index contributed by atoms with van der Waals surface area (Å²) in [5.74, 6) is -0.109. The van der Waals surface area contributed by atoms with Gasteiger partial charge in [-0.15, -0.1) is 0 Å². The summed E-state index contributed by atoms with van der Waals surface area (Å²) < 4.78 is 7.47. The molecule has 1 saturated carbocycles. The van der Waals surface area contributed by atoms with Crippen molar-refractivity contribution in [1.29, 1.82) is 0 Å². The third-order valence-corrected chi connectivity index (χ3v) is 6.49. The van der Waals surface area contributed by atoms with Crippen LogP contribution in [0.15, 0.2) is 47.3 Å². The molecule has 35 heavy (non-hydrogen) atoms. The predicted octanol–water partition coefficient (Wildman–Crippen LogP) is 4.35. The molecule has 0 aliphatic heterocycles. The smallest absolute Gasteiger partial charge is 0.277 e. The minimum absolute atomic E-state index is 0.132. The lowest BCUT2D eigenvalue weighted by Gasteiger charge is -2.25. The molecule has 9 heteroatoms. The first-order chi connectivity index (χ1) is 16.7. The molecule has 1 amide bonds. The van der Waals surface area contributed by atoms with Gasteiger partial charge < -0.3 is 19.9 Å². The van der Waals surface area contributed by atoms with Gasteiger partial charge in [0.1, 0.15) is 6.26 Å². The molecule has 182 valence electrons. The van der Waals surface area contributed by atoms with Crippen LogP contribution in [0, 0.1) is 6.92 Å². The number of amides is 1. The van der Waals surface area contributed by atoms with E-state index < -0.39 is 11.5 Å². The van der Waals surface area contributed by atoms with Gasteiger partial charge in [-0.2, -0.15) is 5.10 Å². The van der Waals surface area contributed by atoms with E-state index in [1.54, 1.807) is 26.1 Å². The Kier molecular flexibility index (Phi) is 5.90. The summed E-state index contributed by atoms with van der Waals surface area (Å²) >= 11 is 0. The Bertz CT molecular complexity index is 1380. The molecular weight excluding hydrogens is 446 g/mol. The summed E-state index contributed by atoms with van der Waals surface area (Å²) in [6.07, 6.45) is 7.95. The van der Waals surface area contributed by atoms with Crippen LogP contribution < -0.4 is 5.32 Å². The Morgan fingerprint density at radius 1 is 1.20 bits per heavy atom. The van der Waals surface area contributed by atoms with E-state index in [1.165, 1.54) is 6.26 Å².